The van der Waals surface area contributed by atoms with Crippen molar-refractivity contribution in [2.24, 2.45) is 0 Å². The number of nitro groups is 2. The van der Waals surface area contributed by atoms with Gasteiger partial charge in [-0.15, -0.1) is 0 Å². The van der Waals surface area contributed by atoms with Crippen LogP contribution in [0.5, 0.6) is 0 Å². The number of rotatable bonds is 3. The summed E-state index contributed by atoms with van der Waals surface area (Å²) in [6.45, 7) is 1.37. The molecule has 0 N–H and O–H groups in total. The summed E-state index contributed by atoms with van der Waals surface area (Å²) in [6.07, 6.45) is 1.88. The van der Waals surface area contributed by atoms with Crippen LogP contribution in [0.25, 0.3) is 10.8 Å². The first-order chi connectivity index (χ1) is 10.1. The van der Waals surface area contributed by atoms with Gasteiger partial charge in [0.05, 0.1) is 9.85 Å². The lowest BCUT2D eigenvalue weighted by atomic mass is 10.0. The zero-order valence-corrected chi connectivity index (χ0v) is 11.2. The van der Waals surface area contributed by atoms with E-state index >= 15 is 0 Å². The summed E-state index contributed by atoms with van der Waals surface area (Å²) < 4.78 is 0. The molecule has 0 aliphatic carbocycles. The number of fused-ring (bicyclic) bond motifs is 1. The second-order valence-electron chi connectivity index (χ2n) is 5.02. The second-order valence-corrected chi connectivity index (χ2v) is 5.02. The molecule has 3 rings (SSSR count). The molecule has 1 heterocycles. The van der Waals surface area contributed by atoms with Crippen LogP contribution >= 0.6 is 0 Å². The first-order valence-corrected chi connectivity index (χ1v) is 6.69. The highest BCUT2D eigenvalue weighted by molar-refractivity contribution is 6.02. The van der Waals surface area contributed by atoms with Crippen molar-refractivity contribution in [1.82, 2.24) is 0 Å². The highest BCUT2D eigenvalue weighted by atomic mass is 16.6. The quantitative estimate of drug-likeness (QED) is 0.638. The second kappa shape index (κ2) is 5.01. The number of hydrogen-bond donors (Lipinski definition) is 0. The predicted octanol–water partition coefficient (Wildman–Crippen LogP) is 3.26. The molecule has 0 atom stereocenters. The third kappa shape index (κ3) is 2.16. The normalized spacial score (nSPS) is 14.6. The van der Waals surface area contributed by atoms with Crippen LogP contribution < -0.4 is 4.90 Å². The Morgan fingerprint density at radius 3 is 2.29 bits per heavy atom. The number of anilines is 1. The van der Waals surface area contributed by atoms with Gasteiger partial charge in [0.2, 0.25) is 0 Å². The molecule has 1 aliphatic rings. The van der Waals surface area contributed by atoms with Crippen LogP contribution in [0.3, 0.4) is 0 Å². The number of hydrogen-bond acceptors (Lipinski definition) is 5. The predicted molar refractivity (Wildman–Crippen MR) is 78.7 cm³/mol. The van der Waals surface area contributed by atoms with Crippen LogP contribution in [0.4, 0.5) is 17.1 Å². The number of nitro benzene ring substituents is 2. The standard InChI is InChI=1S/C14H13N3O4/c18-16(19)12-9-10-5-1-2-6-11(10)13(14(12)17(20)21)15-7-3-4-8-15/h1-2,5-6,9H,3-4,7-8H2. The minimum atomic E-state index is -0.676. The Bertz CT molecular complexity index is 738. The Morgan fingerprint density at radius 1 is 1.00 bits per heavy atom. The Morgan fingerprint density at radius 2 is 1.67 bits per heavy atom. The van der Waals surface area contributed by atoms with Gasteiger partial charge in [-0.3, -0.25) is 20.2 Å². The molecule has 7 heteroatoms. The van der Waals surface area contributed by atoms with E-state index in [0.717, 1.165) is 12.8 Å². The first-order valence-electron chi connectivity index (χ1n) is 6.69. The van der Waals surface area contributed by atoms with E-state index in [2.05, 4.69) is 0 Å². The topological polar surface area (TPSA) is 89.5 Å². The highest BCUT2D eigenvalue weighted by Gasteiger charge is 2.34. The molecule has 0 aromatic heterocycles. The van der Waals surface area contributed by atoms with Crippen molar-refractivity contribution in [3.63, 3.8) is 0 Å². The fourth-order valence-electron chi connectivity index (χ4n) is 2.88. The van der Waals surface area contributed by atoms with Crippen LogP contribution in [0, 0.1) is 20.2 Å². The maximum atomic E-state index is 11.4. The van der Waals surface area contributed by atoms with E-state index in [9.17, 15) is 20.2 Å². The van der Waals surface area contributed by atoms with Gasteiger partial charge >= 0.3 is 11.4 Å². The molecule has 2 aromatic rings. The Labute approximate surface area is 120 Å². The van der Waals surface area contributed by atoms with Crippen LogP contribution in [0.1, 0.15) is 12.8 Å². The van der Waals surface area contributed by atoms with Crippen molar-refractivity contribution < 1.29 is 9.85 Å². The molecule has 21 heavy (non-hydrogen) atoms. The van der Waals surface area contributed by atoms with Gasteiger partial charge in [0.1, 0.15) is 5.69 Å². The van der Waals surface area contributed by atoms with Crippen molar-refractivity contribution in [2.45, 2.75) is 12.8 Å². The molecular weight excluding hydrogens is 274 g/mol. The van der Waals surface area contributed by atoms with Crippen LogP contribution in [-0.4, -0.2) is 22.9 Å². The molecule has 1 fully saturated rings. The van der Waals surface area contributed by atoms with E-state index in [0.29, 0.717) is 29.5 Å². The molecule has 0 amide bonds. The van der Waals surface area contributed by atoms with Gasteiger partial charge in [0.15, 0.2) is 0 Å². The molecule has 1 saturated heterocycles. The van der Waals surface area contributed by atoms with Gasteiger partial charge in [-0.1, -0.05) is 24.3 Å². The van der Waals surface area contributed by atoms with Gasteiger partial charge in [0, 0.05) is 24.5 Å². The summed E-state index contributed by atoms with van der Waals surface area (Å²) in [5.41, 5.74) is -0.469. The van der Waals surface area contributed by atoms with Crippen molar-refractivity contribution in [1.29, 1.82) is 0 Å². The molecule has 2 aromatic carbocycles. The van der Waals surface area contributed by atoms with Gasteiger partial charge in [-0.25, -0.2) is 0 Å². The van der Waals surface area contributed by atoms with Crippen LogP contribution in [0.15, 0.2) is 30.3 Å². The van der Waals surface area contributed by atoms with E-state index in [1.54, 1.807) is 24.3 Å². The minimum absolute atomic E-state index is 0.377. The van der Waals surface area contributed by atoms with Crippen molar-refractivity contribution >= 4 is 27.8 Å². The average molecular weight is 287 g/mol. The molecule has 0 unspecified atom stereocenters. The van der Waals surface area contributed by atoms with Crippen molar-refractivity contribution in [3.8, 4) is 0 Å². The molecule has 0 radical (unpaired) electrons. The maximum absolute atomic E-state index is 11.4. The SMILES string of the molecule is O=[N+]([O-])c1cc2ccccc2c(N2CCCC2)c1[N+](=O)[O-]. The first kappa shape index (κ1) is 13.3. The van der Waals surface area contributed by atoms with Crippen LogP contribution in [-0.2, 0) is 0 Å². The molecular formula is C14H13N3O4. The maximum Gasteiger partial charge on any atom is 0.369 e. The van der Waals surface area contributed by atoms with E-state index in [1.807, 2.05) is 4.90 Å². The lowest BCUT2D eigenvalue weighted by molar-refractivity contribution is -0.421. The Balaban J connectivity index is 2.40. The lowest BCUT2D eigenvalue weighted by Gasteiger charge is -2.19. The fourth-order valence-corrected chi connectivity index (χ4v) is 2.88. The van der Waals surface area contributed by atoms with Crippen molar-refractivity contribution in [2.75, 3.05) is 18.0 Å². The number of nitrogens with zero attached hydrogens (tertiary/aromatic N) is 3. The minimum Gasteiger partial charge on any atom is -0.365 e. The zero-order valence-electron chi connectivity index (χ0n) is 11.2. The molecule has 0 spiro atoms. The van der Waals surface area contributed by atoms with Crippen molar-refractivity contribution in [3.05, 3.63) is 50.6 Å². The number of benzene rings is 2. The monoisotopic (exact) mass is 287 g/mol. The Kier molecular flexibility index (Phi) is 3.17. The third-order valence-electron chi connectivity index (χ3n) is 3.78. The largest absolute Gasteiger partial charge is 0.369 e. The zero-order chi connectivity index (χ0) is 15.0. The highest BCUT2D eigenvalue weighted by Crippen LogP contribution is 2.44. The Hall–Kier alpha value is -2.70. The van der Waals surface area contributed by atoms with E-state index in [1.165, 1.54) is 6.07 Å². The lowest BCUT2D eigenvalue weighted by Crippen LogP contribution is -2.20. The summed E-state index contributed by atoms with van der Waals surface area (Å²) in [4.78, 5) is 23.2. The van der Waals surface area contributed by atoms with E-state index < -0.39 is 21.2 Å². The summed E-state index contributed by atoms with van der Waals surface area (Å²) >= 11 is 0. The third-order valence-corrected chi connectivity index (χ3v) is 3.78. The average Bonchev–Trinajstić information content (AvgIpc) is 2.98. The summed E-state index contributed by atoms with van der Waals surface area (Å²) in [5, 5.41) is 24.0. The summed E-state index contributed by atoms with van der Waals surface area (Å²) in [7, 11) is 0. The van der Waals surface area contributed by atoms with Gasteiger partial charge < -0.3 is 4.90 Å². The van der Waals surface area contributed by atoms with E-state index in [-0.39, 0.29) is 0 Å². The summed E-state index contributed by atoms with van der Waals surface area (Å²) in [5.74, 6) is 0. The summed E-state index contributed by atoms with van der Waals surface area (Å²) in [6, 6.07) is 8.36. The molecule has 0 bridgehead atoms. The smallest absolute Gasteiger partial charge is 0.365 e. The fraction of sp³-hybridized carbons (Fsp3) is 0.286. The molecule has 1 aliphatic heterocycles. The molecule has 0 saturated carbocycles. The van der Waals surface area contributed by atoms with Crippen LogP contribution in [0.2, 0.25) is 0 Å². The molecule has 108 valence electrons. The van der Waals surface area contributed by atoms with E-state index in [4.69, 9.17) is 0 Å². The van der Waals surface area contributed by atoms with Gasteiger partial charge in [-0.05, 0) is 18.2 Å². The van der Waals surface area contributed by atoms with Gasteiger partial charge in [0.25, 0.3) is 0 Å². The van der Waals surface area contributed by atoms with Gasteiger partial charge in [-0.2, -0.15) is 0 Å². The molecule has 7 nitrogen and oxygen atoms in total.